The van der Waals surface area contributed by atoms with Gasteiger partial charge in [-0.1, -0.05) is 17.7 Å². The molecule has 2 heterocycles. The fourth-order valence-electron chi connectivity index (χ4n) is 3.27. The van der Waals surface area contributed by atoms with E-state index in [0.29, 0.717) is 11.1 Å². The molecule has 1 aromatic heterocycles. The van der Waals surface area contributed by atoms with E-state index in [9.17, 15) is 5.26 Å². The molecule has 0 amide bonds. The van der Waals surface area contributed by atoms with E-state index in [0.717, 1.165) is 36.3 Å². The lowest BCUT2D eigenvalue weighted by Crippen LogP contribution is -2.45. The fourth-order valence-corrected chi connectivity index (χ4v) is 3.41. The molecule has 1 fully saturated rings. The van der Waals surface area contributed by atoms with Crippen LogP contribution in [0.1, 0.15) is 30.2 Å². The number of aromatic nitrogens is 1. The van der Waals surface area contributed by atoms with Crippen LogP contribution < -0.4 is 0 Å². The summed E-state index contributed by atoms with van der Waals surface area (Å²) in [6.07, 6.45) is 1.94. The molecule has 0 spiro atoms. The van der Waals surface area contributed by atoms with Crippen molar-refractivity contribution in [2.24, 2.45) is 5.92 Å². The van der Waals surface area contributed by atoms with Gasteiger partial charge < -0.3 is 4.74 Å². The summed E-state index contributed by atoms with van der Waals surface area (Å²) in [6, 6.07) is 4.49. The van der Waals surface area contributed by atoms with Crippen LogP contribution in [0.2, 0.25) is 5.15 Å². The Morgan fingerprint density at radius 1 is 1.61 bits per heavy atom. The molecule has 0 saturated carbocycles. The third kappa shape index (κ3) is 1.49. The molecule has 1 aromatic rings. The van der Waals surface area contributed by atoms with Crippen molar-refractivity contribution in [3.8, 4) is 6.07 Å². The quantitative estimate of drug-likeness (QED) is 0.676. The fraction of sp³-hybridized carbons (Fsp3) is 0.571. The summed E-state index contributed by atoms with van der Waals surface area (Å²) in [6.45, 7) is 4.62. The predicted octanol–water partition coefficient (Wildman–Crippen LogP) is 2.79. The summed E-state index contributed by atoms with van der Waals surface area (Å²) in [7, 11) is 0. The highest BCUT2D eigenvalue weighted by atomic mass is 35.5. The van der Waals surface area contributed by atoms with Crippen molar-refractivity contribution in [3.05, 3.63) is 28.0 Å². The highest BCUT2D eigenvalue weighted by molar-refractivity contribution is 6.30. The number of pyridine rings is 1. The lowest BCUT2D eigenvalue weighted by atomic mass is 9.68. The molecule has 18 heavy (non-hydrogen) atoms. The molecule has 3 rings (SSSR count). The Morgan fingerprint density at radius 3 is 3.11 bits per heavy atom. The lowest BCUT2D eigenvalue weighted by molar-refractivity contribution is 0.0411. The van der Waals surface area contributed by atoms with Gasteiger partial charge in [0.15, 0.2) is 0 Å². The summed E-state index contributed by atoms with van der Waals surface area (Å²) in [5.41, 5.74) is 2.27. The number of fused-ring (bicyclic) bond motifs is 2. The van der Waals surface area contributed by atoms with E-state index in [4.69, 9.17) is 16.3 Å². The molecule has 1 aliphatic carbocycles. The third-order valence-corrected chi connectivity index (χ3v) is 4.60. The van der Waals surface area contributed by atoms with Crippen LogP contribution in [0.25, 0.3) is 0 Å². The van der Waals surface area contributed by atoms with Crippen molar-refractivity contribution in [1.82, 2.24) is 4.98 Å². The molecule has 0 unspecified atom stereocenters. The second-order valence-electron chi connectivity index (χ2n) is 5.46. The maximum atomic E-state index is 9.59. The second-order valence-corrected chi connectivity index (χ2v) is 5.82. The third-order valence-electron chi connectivity index (χ3n) is 4.22. The molecule has 0 radical (unpaired) electrons. The van der Waals surface area contributed by atoms with E-state index >= 15 is 0 Å². The van der Waals surface area contributed by atoms with Gasteiger partial charge >= 0.3 is 0 Å². The maximum Gasteiger partial charge on any atom is 0.132 e. The number of hydrogen-bond acceptors (Lipinski definition) is 3. The van der Waals surface area contributed by atoms with Crippen LogP contribution in [0.4, 0.5) is 0 Å². The zero-order valence-corrected chi connectivity index (χ0v) is 11.3. The number of nitriles is 1. The van der Waals surface area contributed by atoms with Gasteiger partial charge in [0.2, 0.25) is 0 Å². The van der Waals surface area contributed by atoms with Crippen molar-refractivity contribution in [2.45, 2.75) is 38.2 Å². The SMILES string of the molecule is Cc1cc2c(nc1Cl)[C@@](C)(C#N)[C@@H]1OCC[C@@H]1C2. The Bertz CT molecular complexity index is 551. The molecule has 1 aliphatic heterocycles. The molecule has 2 aliphatic rings. The summed E-state index contributed by atoms with van der Waals surface area (Å²) in [5.74, 6) is 0.435. The summed E-state index contributed by atoms with van der Waals surface area (Å²) < 4.78 is 5.78. The van der Waals surface area contributed by atoms with E-state index in [-0.39, 0.29) is 6.10 Å². The molecule has 3 atom stereocenters. The minimum atomic E-state index is -0.675. The van der Waals surface area contributed by atoms with Gasteiger partial charge in [0.05, 0.1) is 17.9 Å². The van der Waals surface area contributed by atoms with Gasteiger partial charge in [-0.3, -0.25) is 0 Å². The normalized spacial score (nSPS) is 33.7. The van der Waals surface area contributed by atoms with Gasteiger partial charge in [0.25, 0.3) is 0 Å². The highest BCUT2D eigenvalue weighted by Gasteiger charge is 2.50. The number of hydrogen-bond donors (Lipinski definition) is 0. The highest BCUT2D eigenvalue weighted by Crippen LogP contribution is 2.45. The first-order chi connectivity index (χ1) is 8.56. The molecular weight excluding hydrogens is 248 g/mol. The zero-order valence-electron chi connectivity index (χ0n) is 10.5. The minimum Gasteiger partial charge on any atom is -0.376 e. The van der Waals surface area contributed by atoms with Gasteiger partial charge in [-0.2, -0.15) is 5.26 Å². The van der Waals surface area contributed by atoms with E-state index < -0.39 is 5.41 Å². The standard InChI is InChI=1S/C14H15ClN2O/c1-8-5-10-6-9-3-4-18-12(9)14(2,7-16)11(10)17-13(8)15/h5,9,12H,3-4,6H2,1-2H3/t9-,12-,14-/m1/s1. The van der Waals surface area contributed by atoms with Crippen molar-refractivity contribution < 1.29 is 4.74 Å². The first kappa shape index (κ1) is 12.0. The molecule has 0 bridgehead atoms. The van der Waals surface area contributed by atoms with Crippen LogP contribution in [-0.4, -0.2) is 17.7 Å². The molecule has 0 N–H and O–H groups in total. The average Bonchev–Trinajstić information content (AvgIpc) is 2.81. The average molecular weight is 263 g/mol. The van der Waals surface area contributed by atoms with Crippen molar-refractivity contribution in [1.29, 1.82) is 5.26 Å². The van der Waals surface area contributed by atoms with Crippen LogP contribution in [0.3, 0.4) is 0 Å². The van der Waals surface area contributed by atoms with Crippen LogP contribution in [0.5, 0.6) is 0 Å². The number of aryl methyl sites for hydroxylation is 1. The van der Waals surface area contributed by atoms with Crippen molar-refractivity contribution in [3.63, 3.8) is 0 Å². The lowest BCUT2D eigenvalue weighted by Gasteiger charge is -2.38. The van der Waals surface area contributed by atoms with Gasteiger partial charge in [-0.25, -0.2) is 4.98 Å². The molecule has 0 aromatic carbocycles. The number of rotatable bonds is 0. The molecule has 94 valence electrons. The van der Waals surface area contributed by atoms with Gasteiger partial charge in [0, 0.05) is 6.61 Å². The number of ether oxygens (including phenoxy) is 1. The van der Waals surface area contributed by atoms with Gasteiger partial charge in [0.1, 0.15) is 10.6 Å². The molecular formula is C14H15ClN2O. The number of nitrogens with zero attached hydrogens (tertiary/aromatic N) is 2. The van der Waals surface area contributed by atoms with E-state index in [1.165, 1.54) is 0 Å². The Hall–Kier alpha value is -1.11. The molecule has 3 nitrogen and oxygen atoms in total. The van der Waals surface area contributed by atoms with Gasteiger partial charge in [-0.15, -0.1) is 0 Å². The van der Waals surface area contributed by atoms with Gasteiger partial charge in [-0.05, 0) is 43.7 Å². The first-order valence-corrected chi connectivity index (χ1v) is 6.63. The van der Waals surface area contributed by atoms with Crippen LogP contribution in [0.15, 0.2) is 6.07 Å². The van der Waals surface area contributed by atoms with Crippen LogP contribution in [0, 0.1) is 24.2 Å². The van der Waals surface area contributed by atoms with Crippen LogP contribution in [-0.2, 0) is 16.6 Å². The van der Waals surface area contributed by atoms with E-state index in [2.05, 4.69) is 17.1 Å². The predicted molar refractivity (Wildman–Crippen MR) is 68.5 cm³/mol. The van der Waals surface area contributed by atoms with Crippen molar-refractivity contribution in [2.75, 3.05) is 6.61 Å². The summed E-state index contributed by atoms with van der Waals surface area (Å²) >= 11 is 6.11. The Morgan fingerprint density at radius 2 is 2.39 bits per heavy atom. The summed E-state index contributed by atoms with van der Waals surface area (Å²) in [4.78, 5) is 4.46. The van der Waals surface area contributed by atoms with Crippen molar-refractivity contribution >= 4 is 11.6 Å². The van der Waals surface area contributed by atoms with E-state index in [1.807, 2.05) is 13.8 Å². The van der Waals surface area contributed by atoms with E-state index in [1.54, 1.807) is 0 Å². The topological polar surface area (TPSA) is 45.9 Å². The second kappa shape index (κ2) is 3.94. The molecule has 1 saturated heterocycles. The number of halogens is 1. The molecule has 4 heteroatoms. The Kier molecular flexibility index (Phi) is 2.62. The van der Waals surface area contributed by atoms with Crippen LogP contribution >= 0.6 is 11.6 Å². The Balaban J connectivity index is 2.21. The minimum absolute atomic E-state index is 0.0405. The smallest absolute Gasteiger partial charge is 0.132 e. The first-order valence-electron chi connectivity index (χ1n) is 6.25. The summed E-state index contributed by atoms with van der Waals surface area (Å²) in [5, 5.41) is 10.1. The maximum absolute atomic E-state index is 9.59. The monoisotopic (exact) mass is 262 g/mol. The Labute approximate surface area is 112 Å². The zero-order chi connectivity index (χ0) is 12.9. The largest absolute Gasteiger partial charge is 0.376 e.